The van der Waals surface area contributed by atoms with E-state index in [4.69, 9.17) is 0 Å². The maximum atomic E-state index is 3.69. The molecule has 118 valence electrons. The molecule has 1 aromatic rings. The highest BCUT2D eigenvalue weighted by Gasteiger charge is 2.24. The molecule has 1 unspecified atom stereocenters. The summed E-state index contributed by atoms with van der Waals surface area (Å²) in [5.74, 6) is 0. The Hall–Kier alpha value is -0.860. The van der Waals surface area contributed by atoms with Crippen LogP contribution in [0.25, 0.3) is 0 Å². The lowest BCUT2D eigenvalue weighted by atomic mass is 9.98. The predicted octanol–water partition coefficient (Wildman–Crippen LogP) is 4.05. The van der Waals surface area contributed by atoms with E-state index in [2.05, 4.69) is 63.0 Å². The van der Waals surface area contributed by atoms with Crippen molar-refractivity contribution >= 4 is 0 Å². The van der Waals surface area contributed by atoms with Gasteiger partial charge >= 0.3 is 0 Å². The number of likely N-dealkylation sites (tertiary alicyclic amines) is 1. The normalized spacial score (nSPS) is 20.7. The summed E-state index contributed by atoms with van der Waals surface area (Å²) in [5.41, 5.74) is 4.51. The molecule has 2 heteroatoms. The van der Waals surface area contributed by atoms with Crippen molar-refractivity contribution in [1.29, 1.82) is 0 Å². The summed E-state index contributed by atoms with van der Waals surface area (Å²) in [4.78, 5) is 2.68. The van der Waals surface area contributed by atoms with Gasteiger partial charge in [-0.2, -0.15) is 0 Å². The lowest BCUT2D eigenvalue weighted by molar-refractivity contribution is 0.131. The number of piperidine rings is 1. The molecule has 1 aliphatic heterocycles. The topological polar surface area (TPSA) is 15.3 Å². The minimum atomic E-state index is 0.211. The Kier molecular flexibility index (Phi) is 5.45. The van der Waals surface area contributed by atoms with Gasteiger partial charge in [0.2, 0.25) is 0 Å². The van der Waals surface area contributed by atoms with Crippen molar-refractivity contribution in [2.24, 2.45) is 0 Å². The van der Waals surface area contributed by atoms with Crippen LogP contribution in [-0.4, -0.2) is 29.6 Å². The van der Waals surface area contributed by atoms with E-state index in [1.165, 1.54) is 42.5 Å². The fraction of sp³-hybridized carbons (Fsp3) is 0.684. The van der Waals surface area contributed by atoms with Crippen molar-refractivity contribution in [2.45, 2.75) is 72.0 Å². The van der Waals surface area contributed by atoms with E-state index in [9.17, 15) is 0 Å². The number of nitrogens with zero attached hydrogens (tertiary/aromatic N) is 1. The number of rotatable bonds is 4. The van der Waals surface area contributed by atoms with Crippen molar-refractivity contribution in [2.75, 3.05) is 13.1 Å². The predicted molar refractivity (Wildman–Crippen MR) is 91.7 cm³/mol. The fourth-order valence-electron chi connectivity index (χ4n) is 3.11. The van der Waals surface area contributed by atoms with Crippen LogP contribution in [0.15, 0.2) is 18.2 Å². The number of aryl methyl sites for hydroxylation is 2. The number of nitrogens with one attached hydrogen (secondary N) is 1. The molecule has 0 spiro atoms. The maximum Gasteiger partial charge on any atom is 0.0239 e. The molecular weight excluding hydrogens is 256 g/mol. The van der Waals surface area contributed by atoms with E-state index >= 15 is 0 Å². The second-order valence-corrected chi connectivity index (χ2v) is 7.68. The molecule has 0 amide bonds. The zero-order valence-electron chi connectivity index (χ0n) is 14.5. The van der Waals surface area contributed by atoms with E-state index in [0.29, 0.717) is 6.04 Å². The zero-order chi connectivity index (χ0) is 15.5. The molecule has 0 aliphatic carbocycles. The molecule has 0 aromatic heterocycles. The van der Waals surface area contributed by atoms with Gasteiger partial charge in [-0.3, -0.25) is 4.90 Å². The van der Waals surface area contributed by atoms with Crippen LogP contribution < -0.4 is 5.32 Å². The minimum Gasteiger partial charge on any atom is -0.311 e. The molecule has 2 nitrogen and oxygen atoms in total. The third-order valence-electron chi connectivity index (χ3n) is 4.50. The van der Waals surface area contributed by atoms with Gasteiger partial charge in [0.15, 0.2) is 0 Å². The van der Waals surface area contributed by atoms with Crippen molar-refractivity contribution in [1.82, 2.24) is 10.2 Å². The summed E-state index contributed by atoms with van der Waals surface area (Å²) in [6, 6.07) is 7.51. The third kappa shape index (κ3) is 5.12. The van der Waals surface area contributed by atoms with Crippen LogP contribution in [0.3, 0.4) is 0 Å². The molecule has 1 saturated heterocycles. The molecule has 1 aliphatic rings. The van der Waals surface area contributed by atoms with Crippen LogP contribution in [0.4, 0.5) is 0 Å². The molecule has 1 heterocycles. The van der Waals surface area contributed by atoms with E-state index in [1.54, 1.807) is 0 Å². The summed E-state index contributed by atoms with van der Waals surface area (Å²) in [6.45, 7) is 14.6. The summed E-state index contributed by atoms with van der Waals surface area (Å²) >= 11 is 0. The Morgan fingerprint density at radius 2 is 1.95 bits per heavy atom. The smallest absolute Gasteiger partial charge is 0.0239 e. The first-order valence-electron chi connectivity index (χ1n) is 8.40. The summed E-state index contributed by atoms with van der Waals surface area (Å²) in [6.07, 6.45) is 4.05. The molecule has 0 radical (unpaired) electrons. The quantitative estimate of drug-likeness (QED) is 0.899. The van der Waals surface area contributed by atoms with E-state index in [0.717, 1.165) is 13.1 Å². The standard InChI is InChI=1S/C19H32N2/c1-15-9-10-16(2)17(12-15)14-21-11-7-6-8-18(21)13-20-19(3,4)5/h9-10,12,18,20H,6-8,11,13-14H2,1-5H3. The molecule has 1 aromatic carbocycles. The van der Waals surface area contributed by atoms with E-state index in [-0.39, 0.29) is 5.54 Å². The van der Waals surface area contributed by atoms with Crippen molar-refractivity contribution in [3.8, 4) is 0 Å². The van der Waals surface area contributed by atoms with Gasteiger partial charge in [-0.15, -0.1) is 0 Å². The van der Waals surface area contributed by atoms with Crippen LogP contribution >= 0.6 is 0 Å². The lowest BCUT2D eigenvalue weighted by Gasteiger charge is -2.38. The fourth-order valence-corrected chi connectivity index (χ4v) is 3.11. The molecule has 21 heavy (non-hydrogen) atoms. The molecular formula is C19H32N2. The van der Waals surface area contributed by atoms with Gasteiger partial charge in [-0.05, 0) is 65.1 Å². The molecule has 0 bridgehead atoms. The van der Waals surface area contributed by atoms with Gasteiger partial charge in [-0.1, -0.05) is 30.2 Å². The summed E-state index contributed by atoms with van der Waals surface area (Å²) in [5, 5.41) is 3.69. The van der Waals surface area contributed by atoms with Gasteiger partial charge in [0, 0.05) is 24.7 Å². The maximum absolute atomic E-state index is 3.69. The zero-order valence-corrected chi connectivity index (χ0v) is 14.5. The van der Waals surface area contributed by atoms with Gasteiger partial charge in [0.25, 0.3) is 0 Å². The average Bonchev–Trinajstić information content (AvgIpc) is 2.41. The SMILES string of the molecule is Cc1ccc(C)c(CN2CCCCC2CNC(C)(C)C)c1. The van der Waals surface area contributed by atoms with Gasteiger partial charge in [0.05, 0.1) is 0 Å². The van der Waals surface area contributed by atoms with Crippen LogP contribution in [-0.2, 0) is 6.54 Å². The number of benzene rings is 1. The van der Waals surface area contributed by atoms with Crippen molar-refractivity contribution in [3.63, 3.8) is 0 Å². The Morgan fingerprint density at radius 1 is 1.19 bits per heavy atom. The van der Waals surface area contributed by atoms with Crippen molar-refractivity contribution < 1.29 is 0 Å². The van der Waals surface area contributed by atoms with Crippen LogP contribution in [0, 0.1) is 13.8 Å². The first-order chi connectivity index (χ1) is 9.85. The Balaban J connectivity index is 2.03. The van der Waals surface area contributed by atoms with Gasteiger partial charge in [0.1, 0.15) is 0 Å². The first-order valence-corrected chi connectivity index (χ1v) is 8.40. The van der Waals surface area contributed by atoms with Crippen molar-refractivity contribution in [3.05, 3.63) is 34.9 Å². The van der Waals surface area contributed by atoms with E-state index in [1.807, 2.05) is 0 Å². The second kappa shape index (κ2) is 6.93. The Labute approximate surface area is 130 Å². The summed E-state index contributed by atoms with van der Waals surface area (Å²) < 4.78 is 0. The Bertz CT molecular complexity index is 459. The van der Waals surface area contributed by atoms with Crippen LogP contribution in [0.5, 0.6) is 0 Å². The number of hydrogen-bond acceptors (Lipinski definition) is 2. The third-order valence-corrected chi connectivity index (χ3v) is 4.50. The summed E-state index contributed by atoms with van der Waals surface area (Å²) in [7, 11) is 0. The minimum absolute atomic E-state index is 0.211. The molecule has 2 rings (SSSR count). The Morgan fingerprint density at radius 3 is 2.67 bits per heavy atom. The highest BCUT2D eigenvalue weighted by atomic mass is 15.2. The van der Waals surface area contributed by atoms with Gasteiger partial charge in [-0.25, -0.2) is 0 Å². The van der Waals surface area contributed by atoms with Gasteiger partial charge < -0.3 is 5.32 Å². The number of hydrogen-bond donors (Lipinski definition) is 1. The molecule has 1 fully saturated rings. The van der Waals surface area contributed by atoms with Crippen LogP contribution in [0.1, 0.15) is 56.7 Å². The lowest BCUT2D eigenvalue weighted by Crippen LogP contribution is -2.49. The monoisotopic (exact) mass is 288 g/mol. The molecule has 1 atom stereocenters. The largest absolute Gasteiger partial charge is 0.311 e. The second-order valence-electron chi connectivity index (χ2n) is 7.68. The molecule has 0 saturated carbocycles. The average molecular weight is 288 g/mol. The highest BCUT2D eigenvalue weighted by molar-refractivity contribution is 5.30. The highest BCUT2D eigenvalue weighted by Crippen LogP contribution is 2.22. The van der Waals surface area contributed by atoms with E-state index < -0.39 is 0 Å². The van der Waals surface area contributed by atoms with Crippen LogP contribution in [0.2, 0.25) is 0 Å². The molecule has 1 N–H and O–H groups in total. The first kappa shape index (κ1) is 16.5.